The van der Waals surface area contributed by atoms with E-state index in [4.69, 9.17) is 9.47 Å². The Balaban J connectivity index is 1.91. The van der Waals surface area contributed by atoms with Crippen LogP contribution >= 0.6 is 0 Å². The Morgan fingerprint density at radius 2 is 2.16 bits per heavy atom. The van der Waals surface area contributed by atoms with E-state index >= 15 is 0 Å². The molecule has 106 valence electrons. The maximum atomic E-state index is 9.88. The molecule has 5 heteroatoms. The summed E-state index contributed by atoms with van der Waals surface area (Å²) in [6, 6.07) is 1.68. The predicted octanol–water partition coefficient (Wildman–Crippen LogP) is 0.719. The SMILES string of the molecule is CC[n+]1ccc(O)c(OCCN2CCOCC2)c1C. The van der Waals surface area contributed by atoms with Gasteiger partial charge in [0, 0.05) is 32.6 Å². The zero-order valence-electron chi connectivity index (χ0n) is 11.8. The van der Waals surface area contributed by atoms with Crippen LogP contribution in [0.5, 0.6) is 11.5 Å². The molecule has 2 rings (SSSR count). The van der Waals surface area contributed by atoms with Gasteiger partial charge in [-0.15, -0.1) is 0 Å². The van der Waals surface area contributed by atoms with E-state index < -0.39 is 0 Å². The summed E-state index contributed by atoms with van der Waals surface area (Å²) < 4.78 is 13.1. The minimum Gasteiger partial charge on any atom is -0.504 e. The average molecular weight is 267 g/mol. The molecule has 0 amide bonds. The maximum Gasteiger partial charge on any atom is 0.228 e. The monoisotopic (exact) mass is 267 g/mol. The Bertz CT molecular complexity index is 417. The summed E-state index contributed by atoms with van der Waals surface area (Å²) in [5.74, 6) is 0.807. The molecule has 1 aliphatic heterocycles. The number of morpholine rings is 1. The third kappa shape index (κ3) is 3.58. The van der Waals surface area contributed by atoms with Crippen LogP contribution < -0.4 is 9.30 Å². The van der Waals surface area contributed by atoms with E-state index in [0.717, 1.165) is 45.1 Å². The second-order valence-corrected chi connectivity index (χ2v) is 4.70. The Hall–Kier alpha value is -1.33. The molecule has 0 atom stereocenters. The van der Waals surface area contributed by atoms with Crippen molar-refractivity contribution in [1.29, 1.82) is 0 Å². The van der Waals surface area contributed by atoms with E-state index in [1.54, 1.807) is 6.07 Å². The summed E-state index contributed by atoms with van der Waals surface area (Å²) in [6.07, 6.45) is 1.87. The van der Waals surface area contributed by atoms with Gasteiger partial charge in [-0.25, -0.2) is 0 Å². The first-order valence-electron chi connectivity index (χ1n) is 6.87. The van der Waals surface area contributed by atoms with Gasteiger partial charge in [-0.3, -0.25) is 4.90 Å². The lowest BCUT2D eigenvalue weighted by molar-refractivity contribution is -0.699. The number of aromatic hydroxyl groups is 1. The fourth-order valence-corrected chi connectivity index (χ4v) is 2.29. The molecule has 1 N–H and O–H groups in total. The first kappa shape index (κ1) is 14.1. The minimum absolute atomic E-state index is 0.212. The van der Waals surface area contributed by atoms with Gasteiger partial charge in [-0.05, 0) is 6.92 Å². The quantitative estimate of drug-likeness (QED) is 0.799. The van der Waals surface area contributed by atoms with Crippen molar-refractivity contribution in [2.75, 3.05) is 39.5 Å². The molecule has 1 fully saturated rings. The van der Waals surface area contributed by atoms with Gasteiger partial charge in [0.15, 0.2) is 11.9 Å². The molecule has 2 heterocycles. The predicted molar refractivity (Wildman–Crippen MR) is 71.5 cm³/mol. The van der Waals surface area contributed by atoms with Crippen LogP contribution in [0.4, 0.5) is 0 Å². The number of rotatable bonds is 5. The number of ether oxygens (including phenoxy) is 2. The summed E-state index contributed by atoms with van der Waals surface area (Å²) in [5, 5.41) is 9.88. The van der Waals surface area contributed by atoms with Crippen molar-refractivity contribution in [2.45, 2.75) is 20.4 Å². The normalized spacial score (nSPS) is 16.5. The fourth-order valence-electron chi connectivity index (χ4n) is 2.29. The Labute approximate surface area is 114 Å². The summed E-state index contributed by atoms with van der Waals surface area (Å²) in [4.78, 5) is 2.31. The van der Waals surface area contributed by atoms with Gasteiger partial charge in [0.2, 0.25) is 11.4 Å². The molecule has 0 unspecified atom stereocenters. The zero-order valence-corrected chi connectivity index (χ0v) is 11.8. The van der Waals surface area contributed by atoms with Gasteiger partial charge in [0.1, 0.15) is 13.2 Å². The standard InChI is InChI=1S/C14H22N2O3/c1-3-16-5-4-13(17)14(12(16)2)19-11-8-15-6-9-18-10-7-15/h4-5H,3,6-11H2,1-2H3/p+1. The molecule has 5 nitrogen and oxygen atoms in total. The van der Waals surface area contributed by atoms with E-state index in [1.165, 1.54) is 0 Å². The molecular weight excluding hydrogens is 244 g/mol. The van der Waals surface area contributed by atoms with E-state index in [0.29, 0.717) is 12.4 Å². The van der Waals surface area contributed by atoms with Crippen molar-refractivity contribution >= 4 is 0 Å². The van der Waals surface area contributed by atoms with E-state index in [1.807, 2.05) is 13.1 Å². The molecule has 0 aliphatic carbocycles. The summed E-state index contributed by atoms with van der Waals surface area (Å²) in [7, 11) is 0. The zero-order chi connectivity index (χ0) is 13.7. The van der Waals surface area contributed by atoms with Gasteiger partial charge < -0.3 is 14.6 Å². The van der Waals surface area contributed by atoms with Crippen molar-refractivity contribution < 1.29 is 19.1 Å². The highest BCUT2D eigenvalue weighted by Gasteiger charge is 2.17. The largest absolute Gasteiger partial charge is 0.504 e. The van der Waals surface area contributed by atoms with Crippen LogP contribution in [0.25, 0.3) is 0 Å². The van der Waals surface area contributed by atoms with Gasteiger partial charge in [-0.1, -0.05) is 0 Å². The van der Waals surface area contributed by atoms with Crippen molar-refractivity contribution in [3.05, 3.63) is 18.0 Å². The highest BCUT2D eigenvalue weighted by Crippen LogP contribution is 2.26. The summed E-state index contributed by atoms with van der Waals surface area (Å²) in [6.45, 7) is 9.86. The molecule has 1 aliphatic rings. The number of hydrogen-bond donors (Lipinski definition) is 1. The van der Waals surface area contributed by atoms with Crippen LogP contribution in [0.3, 0.4) is 0 Å². The molecule has 1 aromatic rings. The molecule has 0 spiro atoms. The van der Waals surface area contributed by atoms with Gasteiger partial charge in [-0.2, -0.15) is 4.57 Å². The first-order valence-corrected chi connectivity index (χ1v) is 6.87. The van der Waals surface area contributed by atoms with Gasteiger partial charge >= 0.3 is 0 Å². The van der Waals surface area contributed by atoms with Crippen molar-refractivity contribution in [1.82, 2.24) is 4.90 Å². The number of nitrogens with zero attached hydrogens (tertiary/aromatic N) is 2. The van der Waals surface area contributed by atoms with Crippen molar-refractivity contribution in [3.8, 4) is 11.5 Å². The second-order valence-electron chi connectivity index (χ2n) is 4.70. The first-order chi connectivity index (χ1) is 9.22. The maximum absolute atomic E-state index is 9.88. The number of pyridine rings is 1. The lowest BCUT2D eigenvalue weighted by Gasteiger charge is -2.26. The van der Waals surface area contributed by atoms with Crippen LogP contribution in [-0.2, 0) is 11.3 Å². The molecule has 0 radical (unpaired) electrons. The van der Waals surface area contributed by atoms with Crippen LogP contribution in [0.15, 0.2) is 12.3 Å². The van der Waals surface area contributed by atoms with E-state index in [2.05, 4.69) is 16.4 Å². The lowest BCUT2D eigenvalue weighted by Crippen LogP contribution is -2.39. The lowest BCUT2D eigenvalue weighted by atomic mass is 10.3. The highest BCUT2D eigenvalue weighted by atomic mass is 16.5. The fraction of sp³-hybridized carbons (Fsp3) is 0.643. The number of aromatic nitrogens is 1. The van der Waals surface area contributed by atoms with Crippen LogP contribution in [0.2, 0.25) is 0 Å². The van der Waals surface area contributed by atoms with Gasteiger partial charge in [0.25, 0.3) is 0 Å². The topological polar surface area (TPSA) is 45.8 Å². The average Bonchev–Trinajstić information content (AvgIpc) is 2.44. The van der Waals surface area contributed by atoms with Crippen molar-refractivity contribution in [3.63, 3.8) is 0 Å². The minimum atomic E-state index is 0.212. The molecule has 1 saturated heterocycles. The van der Waals surface area contributed by atoms with Crippen LogP contribution in [-0.4, -0.2) is 49.5 Å². The van der Waals surface area contributed by atoms with Gasteiger partial charge in [0.05, 0.1) is 13.2 Å². The smallest absolute Gasteiger partial charge is 0.228 e. The molecular formula is C14H23N2O3+. The highest BCUT2D eigenvalue weighted by molar-refractivity contribution is 5.38. The molecule has 0 aromatic carbocycles. The third-order valence-electron chi connectivity index (χ3n) is 3.50. The van der Waals surface area contributed by atoms with Crippen LogP contribution in [0.1, 0.15) is 12.6 Å². The number of aryl methyl sites for hydroxylation is 1. The Morgan fingerprint density at radius 1 is 1.42 bits per heavy atom. The summed E-state index contributed by atoms with van der Waals surface area (Å²) >= 11 is 0. The van der Waals surface area contributed by atoms with E-state index in [9.17, 15) is 5.11 Å². The number of hydrogen-bond acceptors (Lipinski definition) is 4. The molecule has 19 heavy (non-hydrogen) atoms. The third-order valence-corrected chi connectivity index (χ3v) is 3.50. The van der Waals surface area contributed by atoms with Crippen molar-refractivity contribution in [2.24, 2.45) is 0 Å². The Morgan fingerprint density at radius 3 is 2.84 bits per heavy atom. The molecule has 1 aromatic heterocycles. The second kappa shape index (κ2) is 6.73. The Kier molecular flexibility index (Phi) is 4.99. The van der Waals surface area contributed by atoms with E-state index in [-0.39, 0.29) is 5.75 Å². The molecule has 0 saturated carbocycles. The summed E-state index contributed by atoms with van der Waals surface area (Å²) in [5.41, 5.74) is 0.962. The van der Waals surface area contributed by atoms with Crippen LogP contribution in [0, 0.1) is 6.92 Å². The molecule has 0 bridgehead atoms.